The fourth-order valence-corrected chi connectivity index (χ4v) is 2.88. The van der Waals surface area contributed by atoms with Crippen molar-refractivity contribution in [1.82, 2.24) is 9.97 Å². The molecule has 3 aromatic rings. The number of nitrogens with one attached hydrogen (secondary N) is 1. The summed E-state index contributed by atoms with van der Waals surface area (Å²) in [5, 5.41) is 0. The van der Waals surface area contributed by atoms with E-state index >= 15 is 0 Å². The maximum absolute atomic E-state index is 13.1. The van der Waals surface area contributed by atoms with Gasteiger partial charge < -0.3 is 4.98 Å². The number of nitrogens with zero attached hydrogens (tertiary/aromatic N) is 1. The Morgan fingerprint density at radius 2 is 1.86 bits per heavy atom. The Balaban J connectivity index is 2.25. The van der Waals surface area contributed by atoms with Crippen LogP contribution in [0.2, 0.25) is 0 Å². The van der Waals surface area contributed by atoms with Gasteiger partial charge in [-0.05, 0) is 30.7 Å². The molecule has 0 saturated heterocycles. The van der Waals surface area contributed by atoms with Crippen LogP contribution in [-0.2, 0) is 6.18 Å². The summed E-state index contributed by atoms with van der Waals surface area (Å²) in [5.74, 6) is 0.221. The predicted octanol–water partition coefficient (Wildman–Crippen LogP) is 5.32. The van der Waals surface area contributed by atoms with E-state index in [4.69, 9.17) is 0 Å². The molecule has 0 aliphatic rings. The molecule has 1 aromatic heterocycles. The Labute approximate surface area is 127 Å². The molecule has 0 spiro atoms. The molecule has 108 valence electrons. The maximum atomic E-state index is 13.1. The number of imidazole rings is 1. The predicted molar refractivity (Wildman–Crippen MR) is 79.0 cm³/mol. The van der Waals surface area contributed by atoms with E-state index in [1.807, 2.05) is 13.0 Å². The number of alkyl halides is 3. The van der Waals surface area contributed by atoms with Gasteiger partial charge in [-0.1, -0.05) is 34.1 Å². The van der Waals surface area contributed by atoms with E-state index in [9.17, 15) is 13.2 Å². The van der Waals surface area contributed by atoms with Gasteiger partial charge in [0, 0.05) is 10.0 Å². The van der Waals surface area contributed by atoms with Crippen molar-refractivity contribution in [3.63, 3.8) is 0 Å². The summed E-state index contributed by atoms with van der Waals surface area (Å²) < 4.78 is 40.1. The quantitative estimate of drug-likeness (QED) is 0.629. The highest BCUT2D eigenvalue weighted by Crippen LogP contribution is 2.36. The number of hydrogen-bond acceptors (Lipinski definition) is 1. The maximum Gasteiger partial charge on any atom is 0.417 e. The molecule has 0 fully saturated rings. The number of halogens is 4. The van der Waals surface area contributed by atoms with E-state index in [1.165, 1.54) is 12.1 Å². The van der Waals surface area contributed by atoms with Crippen molar-refractivity contribution in [1.29, 1.82) is 0 Å². The summed E-state index contributed by atoms with van der Waals surface area (Å²) in [6.45, 7) is 1.87. The van der Waals surface area contributed by atoms with E-state index in [0.29, 0.717) is 11.0 Å². The van der Waals surface area contributed by atoms with Gasteiger partial charge in [0.15, 0.2) is 0 Å². The average Bonchev–Trinajstić information content (AvgIpc) is 2.81. The zero-order valence-corrected chi connectivity index (χ0v) is 12.5. The van der Waals surface area contributed by atoms with E-state index in [0.717, 1.165) is 16.1 Å². The molecular weight excluding hydrogens is 345 g/mol. The number of rotatable bonds is 1. The van der Waals surface area contributed by atoms with Crippen molar-refractivity contribution in [2.75, 3.05) is 0 Å². The van der Waals surface area contributed by atoms with E-state index < -0.39 is 11.7 Å². The second kappa shape index (κ2) is 4.87. The summed E-state index contributed by atoms with van der Waals surface area (Å²) in [7, 11) is 0. The molecule has 21 heavy (non-hydrogen) atoms. The highest BCUT2D eigenvalue weighted by Gasteiger charge is 2.34. The van der Waals surface area contributed by atoms with E-state index in [2.05, 4.69) is 25.9 Å². The molecular formula is C15H10BrF3N2. The summed E-state index contributed by atoms with van der Waals surface area (Å²) in [4.78, 5) is 7.29. The van der Waals surface area contributed by atoms with Crippen molar-refractivity contribution in [2.45, 2.75) is 13.1 Å². The topological polar surface area (TPSA) is 28.7 Å². The fourth-order valence-electron chi connectivity index (χ4n) is 2.31. The SMILES string of the molecule is Cc1cc(Br)cc2[nH]c(-c3ccccc3C(F)(F)F)nc12. The molecule has 0 amide bonds. The minimum absolute atomic E-state index is 0.0525. The lowest BCUT2D eigenvalue weighted by atomic mass is 10.1. The molecule has 0 bridgehead atoms. The number of fused-ring (bicyclic) bond motifs is 1. The largest absolute Gasteiger partial charge is 0.417 e. The highest BCUT2D eigenvalue weighted by molar-refractivity contribution is 9.10. The lowest BCUT2D eigenvalue weighted by Crippen LogP contribution is -2.07. The van der Waals surface area contributed by atoms with Crippen LogP contribution in [0.3, 0.4) is 0 Å². The number of aromatic nitrogens is 2. The minimum Gasteiger partial charge on any atom is -0.338 e. The first-order valence-corrected chi connectivity index (χ1v) is 6.98. The molecule has 1 heterocycles. The first-order valence-electron chi connectivity index (χ1n) is 6.19. The van der Waals surface area contributed by atoms with Crippen molar-refractivity contribution in [3.8, 4) is 11.4 Å². The average molecular weight is 355 g/mol. The van der Waals surface area contributed by atoms with Gasteiger partial charge in [-0.15, -0.1) is 0 Å². The van der Waals surface area contributed by atoms with Crippen LogP contribution in [0.5, 0.6) is 0 Å². The minimum atomic E-state index is -4.41. The number of aryl methyl sites for hydroxylation is 1. The number of aromatic amines is 1. The Morgan fingerprint density at radius 3 is 2.57 bits per heavy atom. The summed E-state index contributed by atoms with van der Waals surface area (Å²) in [5.41, 5.74) is 1.63. The standard InChI is InChI=1S/C15H10BrF3N2/c1-8-6-9(16)7-12-13(8)21-14(20-12)10-4-2-3-5-11(10)15(17,18)19/h2-7H,1H3,(H,20,21). The van der Waals surface area contributed by atoms with Gasteiger partial charge in [0.05, 0.1) is 16.6 Å². The molecule has 0 atom stereocenters. The molecule has 6 heteroatoms. The molecule has 0 saturated carbocycles. The number of benzene rings is 2. The molecule has 3 rings (SSSR count). The van der Waals surface area contributed by atoms with Crippen LogP contribution < -0.4 is 0 Å². The van der Waals surface area contributed by atoms with Crippen LogP contribution in [-0.4, -0.2) is 9.97 Å². The normalized spacial score (nSPS) is 12.0. The molecule has 2 aromatic carbocycles. The van der Waals surface area contributed by atoms with Crippen LogP contribution in [0.25, 0.3) is 22.4 Å². The first kappa shape index (κ1) is 14.1. The lowest BCUT2D eigenvalue weighted by molar-refractivity contribution is -0.137. The smallest absolute Gasteiger partial charge is 0.338 e. The molecule has 0 unspecified atom stereocenters. The Hall–Kier alpha value is -1.82. The molecule has 0 aliphatic heterocycles. The third kappa shape index (κ3) is 2.55. The molecule has 2 nitrogen and oxygen atoms in total. The van der Waals surface area contributed by atoms with Crippen LogP contribution in [0.15, 0.2) is 40.9 Å². The summed E-state index contributed by atoms with van der Waals surface area (Å²) in [6, 6.07) is 9.10. The van der Waals surface area contributed by atoms with Gasteiger partial charge in [0.2, 0.25) is 0 Å². The van der Waals surface area contributed by atoms with Crippen LogP contribution >= 0.6 is 15.9 Å². The second-order valence-electron chi connectivity index (χ2n) is 4.75. The first-order chi connectivity index (χ1) is 9.86. The Morgan fingerprint density at radius 1 is 1.14 bits per heavy atom. The van der Waals surface area contributed by atoms with Crippen molar-refractivity contribution in [3.05, 3.63) is 52.0 Å². The van der Waals surface area contributed by atoms with Gasteiger partial charge in [0.25, 0.3) is 0 Å². The molecule has 0 radical (unpaired) electrons. The Kier molecular flexibility index (Phi) is 3.28. The second-order valence-corrected chi connectivity index (χ2v) is 5.66. The van der Waals surface area contributed by atoms with Gasteiger partial charge in [-0.2, -0.15) is 13.2 Å². The van der Waals surface area contributed by atoms with Gasteiger partial charge in [-0.25, -0.2) is 4.98 Å². The van der Waals surface area contributed by atoms with E-state index in [-0.39, 0.29) is 11.4 Å². The fraction of sp³-hybridized carbons (Fsp3) is 0.133. The van der Waals surface area contributed by atoms with Gasteiger partial charge in [-0.3, -0.25) is 0 Å². The zero-order chi connectivity index (χ0) is 15.2. The summed E-state index contributed by atoms with van der Waals surface area (Å²) in [6.07, 6.45) is -4.41. The highest BCUT2D eigenvalue weighted by atomic mass is 79.9. The van der Waals surface area contributed by atoms with Crippen LogP contribution in [0.4, 0.5) is 13.2 Å². The number of H-pyrrole nitrogens is 1. The van der Waals surface area contributed by atoms with E-state index in [1.54, 1.807) is 12.1 Å². The Bertz CT molecular complexity index is 821. The molecule has 0 aliphatic carbocycles. The zero-order valence-electron chi connectivity index (χ0n) is 10.9. The third-order valence-electron chi connectivity index (χ3n) is 3.23. The van der Waals surface area contributed by atoms with Crippen molar-refractivity contribution < 1.29 is 13.2 Å². The van der Waals surface area contributed by atoms with Crippen LogP contribution in [0, 0.1) is 6.92 Å². The summed E-state index contributed by atoms with van der Waals surface area (Å²) >= 11 is 3.37. The molecule has 1 N–H and O–H groups in total. The van der Waals surface area contributed by atoms with Gasteiger partial charge >= 0.3 is 6.18 Å². The number of hydrogen-bond donors (Lipinski definition) is 1. The lowest BCUT2D eigenvalue weighted by Gasteiger charge is -2.10. The van der Waals surface area contributed by atoms with Gasteiger partial charge in [0.1, 0.15) is 5.82 Å². The van der Waals surface area contributed by atoms with Crippen LogP contribution in [0.1, 0.15) is 11.1 Å². The van der Waals surface area contributed by atoms with Crippen molar-refractivity contribution in [2.24, 2.45) is 0 Å². The third-order valence-corrected chi connectivity index (χ3v) is 3.69. The monoisotopic (exact) mass is 354 g/mol. The van der Waals surface area contributed by atoms with Crippen molar-refractivity contribution >= 4 is 27.0 Å².